The van der Waals surface area contributed by atoms with Gasteiger partial charge in [0.15, 0.2) is 6.20 Å². The molecule has 0 aromatic carbocycles. The predicted molar refractivity (Wildman–Crippen MR) is 42.1 cm³/mol. The number of nitrogens with zero attached hydrogens (tertiary/aromatic N) is 3. The second-order valence-electron chi connectivity index (χ2n) is 1.61. The van der Waals surface area contributed by atoms with Gasteiger partial charge in [-0.2, -0.15) is 0 Å². The number of nitro groups is 1. The molecule has 0 spiro atoms. The van der Waals surface area contributed by atoms with Crippen LogP contribution in [0.4, 0.5) is 5.82 Å². The number of nitrogens with one attached hydrogen (secondary N) is 1. The molecule has 8 nitrogen and oxygen atoms in total. The third-order valence-corrected chi connectivity index (χ3v) is 0.805. The Labute approximate surface area is 72.9 Å². The Morgan fingerprint density at radius 1 is 1.62 bits per heavy atom. The Bertz CT molecular complexity index is 264. The first-order chi connectivity index (χ1) is 6.22. The molecule has 0 saturated heterocycles. The Morgan fingerprint density at radius 2 is 2.23 bits per heavy atom. The summed E-state index contributed by atoms with van der Waals surface area (Å²) in [6.07, 6.45) is 4.16. The van der Waals surface area contributed by atoms with Crippen LogP contribution in [0.15, 0.2) is 18.6 Å². The molecule has 0 saturated carbocycles. The first-order valence-corrected chi connectivity index (χ1v) is 3.02. The van der Waals surface area contributed by atoms with Gasteiger partial charge in [-0.25, -0.2) is 5.84 Å². The summed E-state index contributed by atoms with van der Waals surface area (Å²) in [5.74, 6) is 4.19. The SMILES string of the molecule is NNC=O.O=[N+]([O-])c1cnccn1. The van der Waals surface area contributed by atoms with Crippen molar-refractivity contribution >= 4 is 12.2 Å². The highest BCUT2D eigenvalue weighted by Gasteiger charge is 2.01. The van der Waals surface area contributed by atoms with Gasteiger partial charge in [-0.3, -0.25) is 15.2 Å². The Kier molecular flexibility index (Phi) is 5.55. The lowest BCUT2D eigenvalue weighted by molar-refractivity contribution is -0.389. The summed E-state index contributed by atoms with van der Waals surface area (Å²) in [7, 11) is 0. The summed E-state index contributed by atoms with van der Waals surface area (Å²) in [6.45, 7) is 0. The van der Waals surface area contributed by atoms with Gasteiger partial charge in [-0.05, 0) is 9.91 Å². The number of hydrogen-bond acceptors (Lipinski definition) is 6. The summed E-state index contributed by atoms with van der Waals surface area (Å²) in [6, 6.07) is 0. The standard InChI is InChI=1S/C4H3N3O2.CH4N2O/c8-7(9)4-3-5-1-2-6-4;2-3-1-4/h1-3H;1H,2H2,(H,3,4). The third-order valence-electron chi connectivity index (χ3n) is 0.805. The number of hydrogen-bond donors (Lipinski definition) is 2. The molecular formula is C5H7N5O3. The van der Waals surface area contributed by atoms with Crippen LogP contribution in [-0.4, -0.2) is 21.3 Å². The number of nitrogens with two attached hydrogens (primary N) is 1. The molecular weight excluding hydrogens is 178 g/mol. The van der Waals surface area contributed by atoms with Crippen LogP contribution in [-0.2, 0) is 4.79 Å². The van der Waals surface area contributed by atoms with Gasteiger partial charge in [0.1, 0.15) is 6.20 Å². The van der Waals surface area contributed by atoms with Gasteiger partial charge in [0, 0.05) is 0 Å². The van der Waals surface area contributed by atoms with Gasteiger partial charge in [-0.1, -0.05) is 0 Å². The maximum Gasteiger partial charge on any atom is 0.381 e. The van der Waals surface area contributed by atoms with Crippen molar-refractivity contribution < 1.29 is 9.72 Å². The van der Waals surface area contributed by atoms with Crippen molar-refractivity contribution in [2.24, 2.45) is 5.84 Å². The van der Waals surface area contributed by atoms with Crippen molar-refractivity contribution in [2.75, 3.05) is 0 Å². The monoisotopic (exact) mass is 185 g/mol. The molecule has 0 radical (unpaired) electrons. The maximum atomic E-state index is 9.90. The smallest absolute Gasteiger partial charge is 0.358 e. The lowest BCUT2D eigenvalue weighted by Crippen LogP contribution is -2.18. The minimum atomic E-state index is -0.590. The van der Waals surface area contributed by atoms with E-state index in [-0.39, 0.29) is 5.82 Å². The van der Waals surface area contributed by atoms with E-state index < -0.39 is 4.92 Å². The van der Waals surface area contributed by atoms with Crippen LogP contribution in [0.3, 0.4) is 0 Å². The number of aromatic nitrogens is 2. The maximum absolute atomic E-state index is 9.90. The number of hydrazine groups is 1. The molecule has 1 amide bonds. The molecule has 1 rings (SSSR count). The summed E-state index contributed by atoms with van der Waals surface area (Å²) < 4.78 is 0. The molecule has 0 aliphatic rings. The number of carbonyl (C=O) groups is 1. The van der Waals surface area contributed by atoms with Crippen LogP contribution in [0, 0.1) is 10.1 Å². The Balaban J connectivity index is 0.000000310. The van der Waals surface area contributed by atoms with E-state index in [2.05, 4.69) is 15.8 Å². The van der Waals surface area contributed by atoms with Crippen molar-refractivity contribution in [3.63, 3.8) is 0 Å². The van der Waals surface area contributed by atoms with Gasteiger partial charge >= 0.3 is 5.82 Å². The molecule has 13 heavy (non-hydrogen) atoms. The van der Waals surface area contributed by atoms with Gasteiger partial charge in [0.25, 0.3) is 0 Å². The molecule has 3 N–H and O–H groups in total. The number of rotatable bonds is 2. The Morgan fingerprint density at radius 3 is 2.46 bits per heavy atom. The van der Waals surface area contributed by atoms with Crippen molar-refractivity contribution in [1.82, 2.24) is 15.4 Å². The van der Waals surface area contributed by atoms with E-state index in [1.807, 2.05) is 0 Å². The molecule has 0 unspecified atom stereocenters. The fraction of sp³-hybridized carbons (Fsp3) is 0. The first kappa shape index (κ1) is 10.9. The van der Waals surface area contributed by atoms with E-state index in [4.69, 9.17) is 4.79 Å². The lowest BCUT2D eigenvalue weighted by atomic mass is 10.7. The van der Waals surface area contributed by atoms with Crippen LogP contribution in [0.5, 0.6) is 0 Å². The van der Waals surface area contributed by atoms with Crippen LogP contribution in [0.1, 0.15) is 0 Å². The first-order valence-electron chi connectivity index (χ1n) is 3.02. The van der Waals surface area contributed by atoms with Crippen LogP contribution >= 0.6 is 0 Å². The van der Waals surface area contributed by atoms with Crippen LogP contribution < -0.4 is 11.3 Å². The van der Waals surface area contributed by atoms with Crippen molar-refractivity contribution in [2.45, 2.75) is 0 Å². The van der Waals surface area contributed by atoms with E-state index in [1.54, 1.807) is 5.43 Å². The van der Waals surface area contributed by atoms with Crippen molar-refractivity contribution in [3.8, 4) is 0 Å². The molecule has 1 heterocycles. The van der Waals surface area contributed by atoms with E-state index in [9.17, 15) is 10.1 Å². The summed E-state index contributed by atoms with van der Waals surface area (Å²) in [5, 5.41) is 9.90. The fourth-order valence-electron chi connectivity index (χ4n) is 0.386. The zero-order valence-electron chi connectivity index (χ0n) is 6.45. The quantitative estimate of drug-likeness (QED) is 0.200. The van der Waals surface area contributed by atoms with Crippen molar-refractivity contribution in [1.29, 1.82) is 0 Å². The average molecular weight is 185 g/mol. The normalized spacial score (nSPS) is 7.77. The van der Waals surface area contributed by atoms with Gasteiger partial charge in [-0.15, -0.1) is 0 Å². The molecule has 1 aromatic heterocycles. The fourth-order valence-corrected chi connectivity index (χ4v) is 0.386. The van der Waals surface area contributed by atoms with Crippen LogP contribution in [0.2, 0.25) is 0 Å². The largest absolute Gasteiger partial charge is 0.381 e. The minimum Gasteiger partial charge on any atom is -0.358 e. The van der Waals surface area contributed by atoms with Crippen molar-refractivity contribution in [3.05, 3.63) is 28.7 Å². The van der Waals surface area contributed by atoms with E-state index in [0.717, 1.165) is 6.20 Å². The highest BCUT2D eigenvalue weighted by atomic mass is 16.6. The molecule has 0 aliphatic heterocycles. The van der Waals surface area contributed by atoms with E-state index >= 15 is 0 Å². The Hall–Kier alpha value is -2.09. The summed E-state index contributed by atoms with van der Waals surface area (Å²) in [4.78, 5) is 25.2. The highest BCUT2D eigenvalue weighted by molar-refractivity contribution is 5.44. The van der Waals surface area contributed by atoms with Gasteiger partial charge in [0.05, 0.1) is 6.20 Å². The van der Waals surface area contributed by atoms with Gasteiger partial charge < -0.3 is 10.1 Å². The predicted octanol–water partition coefficient (Wildman–Crippen LogP) is -1.01. The lowest BCUT2D eigenvalue weighted by Gasteiger charge is -1.85. The number of amides is 1. The molecule has 0 bridgehead atoms. The second kappa shape index (κ2) is 6.61. The third kappa shape index (κ3) is 5.21. The number of carbonyl (C=O) groups excluding carboxylic acids is 1. The highest BCUT2D eigenvalue weighted by Crippen LogP contribution is 1.98. The molecule has 0 aliphatic carbocycles. The molecule has 1 aromatic rings. The van der Waals surface area contributed by atoms with E-state index in [1.165, 1.54) is 12.4 Å². The average Bonchev–Trinajstić information content (AvgIpc) is 2.19. The van der Waals surface area contributed by atoms with E-state index in [0.29, 0.717) is 6.41 Å². The minimum absolute atomic E-state index is 0.225. The second-order valence-corrected chi connectivity index (χ2v) is 1.61. The van der Waals surface area contributed by atoms with Gasteiger partial charge in [0.2, 0.25) is 6.41 Å². The summed E-state index contributed by atoms with van der Waals surface area (Å²) >= 11 is 0. The topological polar surface area (TPSA) is 124 Å². The molecule has 0 fully saturated rings. The molecule has 0 atom stereocenters. The molecule has 8 heteroatoms. The zero-order valence-corrected chi connectivity index (χ0v) is 6.45. The van der Waals surface area contributed by atoms with Crippen LogP contribution in [0.25, 0.3) is 0 Å². The zero-order chi connectivity index (χ0) is 10.1. The molecule has 70 valence electrons. The summed E-state index contributed by atoms with van der Waals surface area (Å²) in [5.41, 5.74) is 1.75.